The van der Waals surface area contributed by atoms with E-state index in [1.165, 1.54) is 12.1 Å². The molecule has 0 fully saturated rings. The topological polar surface area (TPSA) is 105 Å². The number of benzene rings is 1. The lowest BCUT2D eigenvalue weighted by atomic mass is 9.90. The van der Waals surface area contributed by atoms with Crippen LogP contribution in [0.2, 0.25) is 5.02 Å². The second-order valence-corrected chi connectivity index (χ2v) is 5.58. The van der Waals surface area contributed by atoms with Crippen LogP contribution >= 0.6 is 11.6 Å². The van der Waals surface area contributed by atoms with E-state index < -0.39 is 16.4 Å². The predicted octanol–water partition coefficient (Wildman–Crippen LogP) is 2.68. The van der Waals surface area contributed by atoms with E-state index in [2.05, 4.69) is 5.32 Å². The van der Waals surface area contributed by atoms with Crippen molar-refractivity contribution in [2.24, 2.45) is 5.92 Å². The maximum atomic E-state index is 11.8. The first-order chi connectivity index (χ1) is 10.2. The molecule has 0 bridgehead atoms. The molecule has 0 aliphatic heterocycles. The highest BCUT2D eigenvalue weighted by Gasteiger charge is 2.30. The Morgan fingerprint density at radius 3 is 2.68 bits per heavy atom. The molecule has 0 spiro atoms. The summed E-state index contributed by atoms with van der Waals surface area (Å²) in [4.78, 5) is 21.9. The molecule has 0 aromatic heterocycles. The Morgan fingerprint density at radius 1 is 1.59 bits per heavy atom. The third-order valence-corrected chi connectivity index (χ3v) is 3.57. The Labute approximate surface area is 133 Å². The molecule has 0 aliphatic rings. The van der Waals surface area contributed by atoms with Gasteiger partial charge in [-0.1, -0.05) is 25.4 Å². The number of carbonyl (C=O) groups is 1. The van der Waals surface area contributed by atoms with Crippen LogP contribution in [0.5, 0.6) is 5.75 Å². The van der Waals surface area contributed by atoms with Gasteiger partial charge in [0, 0.05) is 12.1 Å². The molecular weight excluding hydrogens is 310 g/mol. The summed E-state index contributed by atoms with van der Waals surface area (Å²) in [5.41, 5.74) is -1.17. The van der Waals surface area contributed by atoms with E-state index in [1.807, 2.05) is 19.9 Å². The van der Waals surface area contributed by atoms with Gasteiger partial charge >= 0.3 is 0 Å². The first-order valence-electron chi connectivity index (χ1n) is 6.48. The highest BCUT2D eigenvalue weighted by molar-refractivity contribution is 6.32. The molecule has 1 aromatic rings. The van der Waals surface area contributed by atoms with Crippen LogP contribution in [0, 0.1) is 27.4 Å². The molecule has 1 rings (SSSR count). The van der Waals surface area contributed by atoms with Gasteiger partial charge in [-0.3, -0.25) is 14.9 Å². The fourth-order valence-electron chi connectivity index (χ4n) is 1.49. The van der Waals surface area contributed by atoms with Crippen LogP contribution in [0.1, 0.15) is 20.8 Å². The van der Waals surface area contributed by atoms with Crippen LogP contribution in [0.15, 0.2) is 18.2 Å². The van der Waals surface area contributed by atoms with Crippen LogP contribution in [0.4, 0.5) is 5.69 Å². The molecule has 0 saturated carbocycles. The van der Waals surface area contributed by atoms with Gasteiger partial charge in [-0.05, 0) is 18.9 Å². The number of hydrogen-bond acceptors (Lipinski definition) is 5. The molecular formula is C14H16ClN3O4. The Kier molecular flexibility index (Phi) is 5.71. The zero-order chi connectivity index (χ0) is 16.9. The van der Waals surface area contributed by atoms with Gasteiger partial charge < -0.3 is 10.1 Å². The van der Waals surface area contributed by atoms with Crippen molar-refractivity contribution < 1.29 is 14.5 Å². The monoisotopic (exact) mass is 325 g/mol. The molecule has 0 radical (unpaired) electrons. The SMILES string of the molecule is CC(C)[C@](C)(C#N)NC(=O)COc1ccc([N+](=O)[O-])cc1Cl. The van der Waals surface area contributed by atoms with Crippen LogP contribution in [0.3, 0.4) is 0 Å². The largest absolute Gasteiger partial charge is 0.482 e. The van der Waals surface area contributed by atoms with Crippen molar-refractivity contribution in [3.63, 3.8) is 0 Å². The van der Waals surface area contributed by atoms with Gasteiger partial charge in [-0.2, -0.15) is 5.26 Å². The number of nitrogens with zero attached hydrogens (tertiary/aromatic N) is 2. The number of rotatable bonds is 6. The van der Waals surface area contributed by atoms with Crippen molar-refractivity contribution in [2.75, 3.05) is 6.61 Å². The minimum absolute atomic E-state index is 0.0360. The summed E-state index contributed by atoms with van der Waals surface area (Å²) in [6, 6.07) is 5.74. The van der Waals surface area contributed by atoms with Gasteiger partial charge in [0.15, 0.2) is 6.61 Å². The lowest BCUT2D eigenvalue weighted by molar-refractivity contribution is -0.384. The normalized spacial score (nSPS) is 13.1. The van der Waals surface area contributed by atoms with E-state index in [4.69, 9.17) is 21.6 Å². The van der Waals surface area contributed by atoms with Crippen LogP contribution in [0.25, 0.3) is 0 Å². The Hall–Kier alpha value is -2.33. The molecule has 0 aliphatic carbocycles. The molecule has 8 heteroatoms. The number of nitriles is 1. The quantitative estimate of drug-likeness (QED) is 0.639. The number of nitro groups is 1. The summed E-state index contributed by atoms with van der Waals surface area (Å²) < 4.78 is 5.23. The zero-order valence-corrected chi connectivity index (χ0v) is 13.2. The fourth-order valence-corrected chi connectivity index (χ4v) is 1.72. The van der Waals surface area contributed by atoms with Crippen LogP contribution in [-0.2, 0) is 4.79 Å². The predicted molar refractivity (Wildman–Crippen MR) is 80.6 cm³/mol. The number of carbonyl (C=O) groups excluding carboxylic acids is 1. The van der Waals surface area contributed by atoms with Gasteiger partial charge in [0.25, 0.3) is 11.6 Å². The summed E-state index contributed by atoms with van der Waals surface area (Å²) >= 11 is 5.85. The van der Waals surface area contributed by atoms with Crippen molar-refractivity contribution in [1.29, 1.82) is 5.26 Å². The van der Waals surface area contributed by atoms with E-state index in [0.717, 1.165) is 6.07 Å². The second kappa shape index (κ2) is 7.09. The van der Waals surface area contributed by atoms with Gasteiger partial charge in [-0.15, -0.1) is 0 Å². The molecule has 1 amide bonds. The summed E-state index contributed by atoms with van der Waals surface area (Å²) in [5, 5.41) is 22.3. The minimum atomic E-state index is -1.00. The van der Waals surface area contributed by atoms with Crippen molar-refractivity contribution in [2.45, 2.75) is 26.3 Å². The number of nitrogens with one attached hydrogen (secondary N) is 1. The lowest BCUT2D eigenvalue weighted by Crippen LogP contribution is -2.50. The standard InChI is InChI=1S/C14H16ClN3O4/c1-9(2)14(3,8-16)17-13(19)7-22-12-5-4-10(18(20)21)6-11(12)15/h4-6,9H,7H2,1-3H3,(H,17,19)/t14-/m0/s1. The van der Waals surface area contributed by atoms with Crippen LogP contribution in [-0.4, -0.2) is 23.0 Å². The number of non-ortho nitro benzene ring substituents is 1. The van der Waals surface area contributed by atoms with E-state index in [9.17, 15) is 14.9 Å². The smallest absolute Gasteiger partial charge is 0.271 e. The highest BCUT2D eigenvalue weighted by Crippen LogP contribution is 2.28. The van der Waals surface area contributed by atoms with Crippen LogP contribution < -0.4 is 10.1 Å². The molecule has 1 atom stereocenters. The number of nitro benzene ring substituents is 1. The van der Waals surface area contributed by atoms with Crippen molar-refractivity contribution >= 4 is 23.2 Å². The summed E-state index contributed by atoms with van der Waals surface area (Å²) in [5.74, 6) is -0.401. The molecule has 0 heterocycles. The lowest BCUT2D eigenvalue weighted by Gasteiger charge is -2.27. The number of ether oxygens (including phenoxy) is 1. The van der Waals surface area contributed by atoms with E-state index >= 15 is 0 Å². The van der Waals surface area contributed by atoms with E-state index in [1.54, 1.807) is 6.92 Å². The van der Waals surface area contributed by atoms with Gasteiger partial charge in [-0.25, -0.2) is 0 Å². The van der Waals surface area contributed by atoms with Crippen molar-refractivity contribution in [1.82, 2.24) is 5.32 Å². The molecule has 0 saturated heterocycles. The number of halogens is 1. The Balaban J connectivity index is 2.69. The molecule has 118 valence electrons. The Bertz CT molecular complexity index is 627. The number of hydrogen-bond donors (Lipinski definition) is 1. The molecule has 0 unspecified atom stereocenters. The van der Waals surface area contributed by atoms with Crippen molar-refractivity contribution in [3.05, 3.63) is 33.3 Å². The first kappa shape index (κ1) is 17.7. The minimum Gasteiger partial charge on any atom is -0.482 e. The molecule has 1 aromatic carbocycles. The Morgan fingerprint density at radius 2 is 2.23 bits per heavy atom. The maximum Gasteiger partial charge on any atom is 0.271 e. The third kappa shape index (κ3) is 4.33. The summed E-state index contributed by atoms with van der Waals surface area (Å²) in [6.07, 6.45) is 0. The average Bonchev–Trinajstić information content (AvgIpc) is 2.45. The molecule has 22 heavy (non-hydrogen) atoms. The second-order valence-electron chi connectivity index (χ2n) is 5.18. The fraction of sp³-hybridized carbons (Fsp3) is 0.429. The summed E-state index contributed by atoms with van der Waals surface area (Å²) in [7, 11) is 0. The van der Waals surface area contributed by atoms with E-state index in [-0.39, 0.29) is 29.0 Å². The molecule has 1 N–H and O–H groups in total. The first-order valence-corrected chi connectivity index (χ1v) is 6.86. The highest BCUT2D eigenvalue weighted by atomic mass is 35.5. The summed E-state index contributed by atoms with van der Waals surface area (Å²) in [6.45, 7) is 4.91. The molecule has 7 nitrogen and oxygen atoms in total. The third-order valence-electron chi connectivity index (χ3n) is 3.27. The zero-order valence-electron chi connectivity index (χ0n) is 12.4. The van der Waals surface area contributed by atoms with Crippen molar-refractivity contribution in [3.8, 4) is 11.8 Å². The average molecular weight is 326 g/mol. The maximum absolute atomic E-state index is 11.8. The number of amides is 1. The van der Waals surface area contributed by atoms with Gasteiger partial charge in [0.05, 0.1) is 16.0 Å². The van der Waals surface area contributed by atoms with E-state index in [0.29, 0.717) is 0 Å². The van der Waals surface area contributed by atoms with Gasteiger partial charge in [0.1, 0.15) is 11.3 Å². The van der Waals surface area contributed by atoms with Gasteiger partial charge in [0.2, 0.25) is 0 Å².